The van der Waals surface area contributed by atoms with Crippen molar-refractivity contribution >= 4 is 29.4 Å². The third-order valence-corrected chi connectivity index (χ3v) is 5.91. The second kappa shape index (κ2) is 10.3. The summed E-state index contributed by atoms with van der Waals surface area (Å²) in [7, 11) is 0. The van der Waals surface area contributed by atoms with Gasteiger partial charge in [-0.25, -0.2) is 14.5 Å². The predicted octanol–water partition coefficient (Wildman–Crippen LogP) is 5.20. The van der Waals surface area contributed by atoms with Gasteiger partial charge in [0.05, 0.1) is 27.9 Å². The number of nitrogens with zero attached hydrogens (tertiary/aromatic N) is 1. The van der Waals surface area contributed by atoms with Crippen molar-refractivity contribution in [1.82, 2.24) is 0 Å². The molecule has 7 nitrogen and oxygen atoms in total. The van der Waals surface area contributed by atoms with Crippen LogP contribution < -0.4 is 4.90 Å². The minimum atomic E-state index is -0.594. The van der Waals surface area contributed by atoms with E-state index < -0.39 is 23.8 Å². The molecule has 0 N–H and O–H groups in total. The van der Waals surface area contributed by atoms with E-state index in [1.165, 1.54) is 42.5 Å². The Bertz CT molecular complexity index is 1480. The summed E-state index contributed by atoms with van der Waals surface area (Å²) < 4.78 is 10.7. The molecule has 0 radical (unpaired) electrons. The van der Waals surface area contributed by atoms with Gasteiger partial charge in [0.2, 0.25) is 0 Å². The number of hydrogen-bond donors (Lipinski definition) is 0. The second-order valence-electron chi connectivity index (χ2n) is 8.38. The molecule has 4 aromatic carbocycles. The van der Waals surface area contributed by atoms with Crippen LogP contribution in [0.4, 0.5) is 5.69 Å². The number of esters is 2. The van der Waals surface area contributed by atoms with Crippen LogP contribution in [0.2, 0.25) is 0 Å². The molecule has 5 rings (SSSR count). The van der Waals surface area contributed by atoms with E-state index in [1.54, 1.807) is 0 Å². The maximum atomic E-state index is 13.1. The van der Waals surface area contributed by atoms with Gasteiger partial charge in [-0.2, -0.15) is 0 Å². The summed E-state index contributed by atoms with van der Waals surface area (Å²) in [6, 6.07) is 28.8. The van der Waals surface area contributed by atoms with Gasteiger partial charge >= 0.3 is 11.9 Å². The van der Waals surface area contributed by atoms with Gasteiger partial charge in [-0.3, -0.25) is 9.59 Å². The highest BCUT2D eigenvalue weighted by Crippen LogP contribution is 2.29. The Hall–Kier alpha value is -5.04. The standard InChI is InChI=1S/C30H21NO6/c32-27-25-16-13-23(30(35)37-19-21-9-5-2-6-10-21)17-26(25)28(33)31(27)24-14-11-22(12-15-24)29(34)36-18-20-7-3-1-4-8-20/h1-17H,18-19H2. The van der Waals surface area contributed by atoms with Crippen molar-refractivity contribution in [2.75, 3.05) is 4.90 Å². The molecule has 0 atom stereocenters. The lowest BCUT2D eigenvalue weighted by molar-refractivity contribution is 0.0464. The first-order chi connectivity index (χ1) is 18.0. The van der Waals surface area contributed by atoms with Crippen molar-refractivity contribution in [1.29, 1.82) is 0 Å². The number of carbonyl (C=O) groups excluding carboxylic acids is 4. The van der Waals surface area contributed by atoms with Gasteiger partial charge in [-0.05, 0) is 53.6 Å². The van der Waals surface area contributed by atoms with Crippen molar-refractivity contribution < 1.29 is 28.7 Å². The second-order valence-corrected chi connectivity index (χ2v) is 8.38. The molecule has 0 saturated heterocycles. The molecule has 182 valence electrons. The molecule has 1 aliphatic heterocycles. The topological polar surface area (TPSA) is 90.0 Å². The molecule has 2 amide bonds. The van der Waals surface area contributed by atoms with Crippen LogP contribution in [0.3, 0.4) is 0 Å². The zero-order valence-corrected chi connectivity index (χ0v) is 19.6. The first-order valence-corrected chi connectivity index (χ1v) is 11.6. The monoisotopic (exact) mass is 491 g/mol. The number of amides is 2. The number of benzene rings is 4. The SMILES string of the molecule is O=C(OCc1ccccc1)c1ccc(N2C(=O)c3ccc(C(=O)OCc4ccccc4)cc3C2=O)cc1. The van der Waals surface area contributed by atoms with Gasteiger partial charge in [0, 0.05) is 0 Å². The smallest absolute Gasteiger partial charge is 0.338 e. The summed E-state index contributed by atoms with van der Waals surface area (Å²) in [6.07, 6.45) is 0. The number of anilines is 1. The van der Waals surface area contributed by atoms with Crippen molar-refractivity contribution in [3.63, 3.8) is 0 Å². The van der Waals surface area contributed by atoms with Crippen molar-refractivity contribution in [2.24, 2.45) is 0 Å². The minimum Gasteiger partial charge on any atom is -0.457 e. The van der Waals surface area contributed by atoms with Crippen LogP contribution in [-0.4, -0.2) is 23.8 Å². The highest BCUT2D eigenvalue weighted by atomic mass is 16.5. The fourth-order valence-electron chi connectivity index (χ4n) is 3.96. The van der Waals surface area contributed by atoms with Crippen molar-refractivity contribution in [3.8, 4) is 0 Å². The molecule has 0 fully saturated rings. The van der Waals surface area contributed by atoms with Crippen LogP contribution in [0.5, 0.6) is 0 Å². The maximum absolute atomic E-state index is 13.1. The molecule has 7 heteroatoms. The molecule has 0 spiro atoms. The van der Waals surface area contributed by atoms with E-state index in [1.807, 2.05) is 60.7 Å². The first kappa shape index (κ1) is 23.7. The number of ether oxygens (including phenoxy) is 2. The molecule has 4 aromatic rings. The van der Waals surface area contributed by atoms with E-state index in [4.69, 9.17) is 9.47 Å². The summed E-state index contributed by atoms with van der Waals surface area (Å²) in [4.78, 5) is 52.0. The molecular formula is C30H21NO6. The average molecular weight is 491 g/mol. The summed E-state index contributed by atoms with van der Waals surface area (Å²) in [6.45, 7) is 0.228. The molecule has 0 aliphatic carbocycles. The number of imide groups is 1. The lowest BCUT2D eigenvalue weighted by atomic mass is 10.1. The molecule has 0 bridgehead atoms. The van der Waals surface area contributed by atoms with Gasteiger partial charge in [-0.15, -0.1) is 0 Å². The van der Waals surface area contributed by atoms with Gasteiger partial charge in [0.1, 0.15) is 13.2 Å². The molecule has 1 aliphatic rings. The maximum Gasteiger partial charge on any atom is 0.338 e. The lowest BCUT2D eigenvalue weighted by Gasteiger charge is -2.14. The Labute approximate surface area is 212 Å². The normalized spacial score (nSPS) is 12.3. The minimum absolute atomic E-state index is 0.0931. The van der Waals surface area contributed by atoms with Crippen LogP contribution in [0.1, 0.15) is 52.6 Å². The Morgan fingerprint density at radius 1 is 0.568 bits per heavy atom. The third kappa shape index (κ3) is 5.01. The Morgan fingerprint density at radius 3 is 1.62 bits per heavy atom. The fraction of sp³-hybridized carbons (Fsp3) is 0.0667. The van der Waals surface area contributed by atoms with E-state index in [0.29, 0.717) is 11.3 Å². The number of rotatable bonds is 7. The van der Waals surface area contributed by atoms with Gasteiger partial charge in [0.25, 0.3) is 11.8 Å². The van der Waals surface area contributed by atoms with Crippen molar-refractivity contribution in [3.05, 3.63) is 137 Å². The van der Waals surface area contributed by atoms with Crippen molar-refractivity contribution in [2.45, 2.75) is 13.2 Å². The van der Waals surface area contributed by atoms with Crippen LogP contribution in [0.15, 0.2) is 103 Å². The molecule has 37 heavy (non-hydrogen) atoms. The Balaban J connectivity index is 1.27. The van der Waals surface area contributed by atoms with Crippen LogP contribution >= 0.6 is 0 Å². The average Bonchev–Trinajstić information content (AvgIpc) is 3.20. The number of fused-ring (bicyclic) bond motifs is 1. The highest BCUT2D eigenvalue weighted by Gasteiger charge is 2.37. The van der Waals surface area contributed by atoms with Crippen LogP contribution in [0, 0.1) is 0 Å². The third-order valence-electron chi connectivity index (χ3n) is 5.91. The lowest BCUT2D eigenvalue weighted by Crippen LogP contribution is -2.29. The number of hydrogen-bond acceptors (Lipinski definition) is 6. The zero-order chi connectivity index (χ0) is 25.8. The summed E-state index contributed by atoms with van der Waals surface area (Å²) in [5, 5.41) is 0. The van der Waals surface area contributed by atoms with E-state index in [0.717, 1.165) is 16.0 Å². The molecule has 0 unspecified atom stereocenters. The van der Waals surface area contributed by atoms with E-state index in [9.17, 15) is 19.2 Å². The quantitative estimate of drug-likeness (QED) is 0.261. The summed E-state index contributed by atoms with van der Waals surface area (Å²) in [5.74, 6) is -2.18. The number of carbonyl (C=O) groups is 4. The van der Waals surface area contributed by atoms with Crippen LogP contribution in [-0.2, 0) is 22.7 Å². The van der Waals surface area contributed by atoms with Crippen LogP contribution in [0.25, 0.3) is 0 Å². The summed E-state index contributed by atoms with van der Waals surface area (Å²) >= 11 is 0. The highest BCUT2D eigenvalue weighted by molar-refractivity contribution is 6.34. The summed E-state index contributed by atoms with van der Waals surface area (Å²) in [5.41, 5.74) is 2.78. The van der Waals surface area contributed by atoms with Gasteiger partial charge in [0.15, 0.2) is 0 Å². The molecule has 0 saturated carbocycles. The van der Waals surface area contributed by atoms with E-state index >= 15 is 0 Å². The Kier molecular flexibility index (Phi) is 6.59. The molecule has 0 aromatic heterocycles. The van der Waals surface area contributed by atoms with Gasteiger partial charge in [-0.1, -0.05) is 60.7 Å². The van der Waals surface area contributed by atoms with E-state index in [2.05, 4.69) is 0 Å². The molecule has 1 heterocycles. The zero-order valence-electron chi connectivity index (χ0n) is 19.6. The Morgan fingerprint density at radius 2 is 1.05 bits per heavy atom. The van der Waals surface area contributed by atoms with E-state index in [-0.39, 0.29) is 29.9 Å². The predicted molar refractivity (Wildman–Crippen MR) is 135 cm³/mol. The fourth-order valence-corrected chi connectivity index (χ4v) is 3.96. The van der Waals surface area contributed by atoms with Gasteiger partial charge < -0.3 is 9.47 Å². The molecular weight excluding hydrogens is 470 g/mol. The largest absolute Gasteiger partial charge is 0.457 e. The first-order valence-electron chi connectivity index (χ1n) is 11.6.